The summed E-state index contributed by atoms with van der Waals surface area (Å²) in [6, 6.07) is 0.688. The van der Waals surface area contributed by atoms with E-state index in [0.29, 0.717) is 6.04 Å². The van der Waals surface area contributed by atoms with Crippen LogP contribution in [0.15, 0.2) is 0 Å². The Hall–Kier alpha value is 0.719. The third kappa shape index (κ3) is 2.60. The van der Waals surface area contributed by atoms with Crippen molar-refractivity contribution in [3.8, 4) is 0 Å². The van der Waals surface area contributed by atoms with Crippen molar-refractivity contribution >= 4 is 18.9 Å². The van der Waals surface area contributed by atoms with E-state index in [4.69, 9.17) is 0 Å². The molecule has 0 heterocycles. The van der Waals surface area contributed by atoms with Crippen molar-refractivity contribution in [2.24, 2.45) is 0 Å². The molecule has 0 radical (unpaired) electrons. The molecule has 2 nitrogen and oxygen atoms in total. The van der Waals surface area contributed by atoms with Gasteiger partial charge in [-0.05, 0) is 0 Å². The monoisotopic (exact) mass is 280 g/mol. The van der Waals surface area contributed by atoms with Gasteiger partial charge in [-0.3, -0.25) is 0 Å². The van der Waals surface area contributed by atoms with Crippen LogP contribution in [0.25, 0.3) is 0 Å². The molecule has 0 bridgehead atoms. The minimum absolute atomic E-state index is 0.688. The van der Waals surface area contributed by atoms with Crippen LogP contribution in [0.4, 0.5) is 0 Å². The first-order chi connectivity index (χ1) is 5.36. The predicted molar refractivity (Wildman–Crippen MR) is 58.7 cm³/mol. The van der Waals surface area contributed by atoms with Crippen LogP contribution < -0.4 is 0 Å². The number of hydrogen-bond donors (Lipinski definition) is 0. The molecule has 74 valence electrons. The molecular formula is C9H24N2Sn. The average molecular weight is 279 g/mol. The van der Waals surface area contributed by atoms with Crippen molar-refractivity contribution in [3.05, 3.63) is 0 Å². The third-order valence-corrected chi connectivity index (χ3v) is 18.3. The summed E-state index contributed by atoms with van der Waals surface area (Å²) in [4.78, 5) is 2.49. The zero-order chi connectivity index (χ0) is 9.94. The van der Waals surface area contributed by atoms with Crippen LogP contribution in [0, 0.1) is 0 Å². The molecule has 0 N–H and O–H groups in total. The van der Waals surface area contributed by atoms with E-state index in [1.807, 2.05) is 0 Å². The zero-order valence-electron chi connectivity index (χ0n) is 9.68. The van der Waals surface area contributed by atoms with E-state index in [1.165, 1.54) is 4.44 Å². The van der Waals surface area contributed by atoms with E-state index in [9.17, 15) is 0 Å². The van der Waals surface area contributed by atoms with E-state index in [2.05, 4.69) is 53.1 Å². The summed E-state index contributed by atoms with van der Waals surface area (Å²) in [7, 11) is 6.75. The predicted octanol–water partition coefficient (Wildman–Crippen LogP) is 1.98. The third-order valence-electron chi connectivity index (χ3n) is 3.17. The van der Waals surface area contributed by atoms with Gasteiger partial charge in [0.15, 0.2) is 0 Å². The average Bonchev–Trinajstić information content (AvgIpc) is 2.01. The first-order valence-electron chi connectivity index (χ1n) is 4.76. The number of rotatable bonds is 4. The van der Waals surface area contributed by atoms with Crippen LogP contribution in [0.3, 0.4) is 0 Å². The Morgan fingerprint density at radius 2 is 1.58 bits per heavy atom. The van der Waals surface area contributed by atoms with Crippen LogP contribution in [0.5, 0.6) is 0 Å². The molecule has 0 aromatic rings. The van der Waals surface area contributed by atoms with E-state index in [1.54, 1.807) is 0 Å². The molecule has 0 aromatic carbocycles. The van der Waals surface area contributed by atoms with Crippen molar-refractivity contribution in [3.63, 3.8) is 0 Å². The molecule has 12 heavy (non-hydrogen) atoms. The van der Waals surface area contributed by atoms with Gasteiger partial charge in [0.05, 0.1) is 0 Å². The van der Waals surface area contributed by atoms with Gasteiger partial charge in [-0.1, -0.05) is 0 Å². The summed E-state index contributed by atoms with van der Waals surface area (Å²) >= 11 is -2.06. The standard InChI is InChI=1S/C4H10N.C2H6N.C2H5.CH3.Sn/c1-4(2)5-3;1-3-2;1-2;;/h4H,1-3H3;1-2H3;1H2,2H3;1H3;/q2*-1;;;+2. The number of hydrogen-bond acceptors (Lipinski definition) is 2. The normalized spacial score (nSPS) is 17.5. The second kappa shape index (κ2) is 4.82. The van der Waals surface area contributed by atoms with Gasteiger partial charge in [0.2, 0.25) is 0 Å². The Morgan fingerprint density at radius 3 is 1.67 bits per heavy atom. The zero-order valence-corrected chi connectivity index (χ0v) is 12.5. The summed E-state index contributed by atoms with van der Waals surface area (Å²) in [5.41, 5.74) is 0. The molecule has 0 aliphatic heterocycles. The van der Waals surface area contributed by atoms with E-state index in [0.717, 1.165) is 0 Å². The maximum absolute atomic E-state index is 2.62. The van der Waals surface area contributed by atoms with Crippen LogP contribution in [0.1, 0.15) is 20.8 Å². The van der Waals surface area contributed by atoms with Crippen LogP contribution in [0.2, 0.25) is 9.38 Å². The maximum atomic E-state index is 2.62. The van der Waals surface area contributed by atoms with Gasteiger partial charge in [0.1, 0.15) is 0 Å². The Morgan fingerprint density at radius 1 is 1.17 bits per heavy atom. The molecule has 0 amide bonds. The summed E-state index contributed by atoms with van der Waals surface area (Å²) < 4.78 is 6.47. The summed E-state index contributed by atoms with van der Waals surface area (Å²) in [5.74, 6) is 0. The molecule has 0 aliphatic carbocycles. The van der Waals surface area contributed by atoms with Gasteiger partial charge in [0.25, 0.3) is 0 Å². The molecular weight excluding hydrogens is 255 g/mol. The molecule has 0 rings (SSSR count). The number of nitrogens with zero attached hydrogens (tertiary/aromatic N) is 2. The van der Waals surface area contributed by atoms with Crippen molar-refractivity contribution in [2.75, 3.05) is 21.1 Å². The summed E-state index contributed by atoms with van der Waals surface area (Å²) in [6.45, 7) is 6.90. The van der Waals surface area contributed by atoms with Gasteiger partial charge in [-0.25, -0.2) is 0 Å². The van der Waals surface area contributed by atoms with Crippen molar-refractivity contribution in [1.82, 2.24) is 6.24 Å². The van der Waals surface area contributed by atoms with E-state index in [-0.39, 0.29) is 0 Å². The SMILES string of the molecule is C[CH2][Sn]([CH3])([N](C)C)[N](C)C(C)C. The van der Waals surface area contributed by atoms with Gasteiger partial charge >= 0.3 is 82.5 Å². The molecule has 3 heteroatoms. The second-order valence-electron chi connectivity index (χ2n) is 4.17. The van der Waals surface area contributed by atoms with Crippen LogP contribution >= 0.6 is 0 Å². The van der Waals surface area contributed by atoms with Gasteiger partial charge in [0, 0.05) is 0 Å². The molecule has 0 saturated heterocycles. The van der Waals surface area contributed by atoms with Crippen molar-refractivity contribution in [1.29, 1.82) is 0 Å². The van der Waals surface area contributed by atoms with E-state index < -0.39 is 18.9 Å². The Labute approximate surface area is 82.5 Å². The molecule has 1 unspecified atom stereocenters. The fourth-order valence-electron chi connectivity index (χ4n) is 1.44. The second-order valence-corrected chi connectivity index (χ2v) is 17.7. The topological polar surface area (TPSA) is 6.48 Å². The van der Waals surface area contributed by atoms with Crippen molar-refractivity contribution in [2.45, 2.75) is 36.2 Å². The van der Waals surface area contributed by atoms with Gasteiger partial charge < -0.3 is 0 Å². The minimum atomic E-state index is -2.06. The molecule has 0 spiro atoms. The van der Waals surface area contributed by atoms with Crippen molar-refractivity contribution < 1.29 is 0 Å². The quantitative estimate of drug-likeness (QED) is 0.726. The van der Waals surface area contributed by atoms with Gasteiger partial charge in [-0.15, -0.1) is 0 Å². The molecule has 0 aromatic heterocycles. The first kappa shape index (κ1) is 12.7. The van der Waals surface area contributed by atoms with E-state index >= 15 is 0 Å². The molecule has 1 atom stereocenters. The molecule has 0 aliphatic rings. The Kier molecular flexibility index (Phi) is 5.11. The molecule has 0 fully saturated rings. The Bertz CT molecular complexity index is 136. The fraction of sp³-hybridized carbons (Fsp3) is 1.00. The fourth-order valence-corrected chi connectivity index (χ4v) is 9.64. The van der Waals surface area contributed by atoms with Crippen LogP contribution in [-0.4, -0.2) is 52.4 Å². The Balaban J connectivity index is 4.51. The summed E-state index contributed by atoms with van der Waals surface area (Å²) in [5, 5.41) is 0. The van der Waals surface area contributed by atoms with Gasteiger partial charge in [-0.2, -0.15) is 0 Å². The molecule has 0 saturated carbocycles. The van der Waals surface area contributed by atoms with Crippen LogP contribution in [-0.2, 0) is 0 Å². The summed E-state index contributed by atoms with van der Waals surface area (Å²) in [6.07, 6.45) is 0. The first-order valence-corrected chi connectivity index (χ1v) is 12.2.